The van der Waals surface area contributed by atoms with E-state index in [4.69, 9.17) is 0 Å². The number of alkyl halides is 2. The Morgan fingerprint density at radius 2 is 2.08 bits per heavy atom. The van der Waals surface area contributed by atoms with E-state index >= 15 is 0 Å². The molecule has 1 saturated heterocycles. The van der Waals surface area contributed by atoms with Crippen LogP contribution in [0, 0.1) is 5.92 Å². The van der Waals surface area contributed by atoms with Gasteiger partial charge in [-0.1, -0.05) is 0 Å². The number of β-amino-alcohol motifs (C(OH)–C–C–N with tert-alkyl or cyclic N) is 1. The van der Waals surface area contributed by atoms with Crippen molar-refractivity contribution in [2.24, 2.45) is 5.92 Å². The summed E-state index contributed by atoms with van der Waals surface area (Å²) in [6.45, 7) is 1.10. The van der Waals surface area contributed by atoms with E-state index in [2.05, 4.69) is 15.3 Å². The van der Waals surface area contributed by atoms with Gasteiger partial charge in [0.1, 0.15) is 11.4 Å². The molecule has 0 radical (unpaired) electrons. The monoisotopic (exact) mass is 340 g/mol. The zero-order chi connectivity index (χ0) is 17.2. The maximum atomic E-state index is 13.1. The smallest absolute Gasteiger partial charge is 0.248 e. The lowest BCUT2D eigenvalue weighted by atomic mass is 9.86. The van der Waals surface area contributed by atoms with Gasteiger partial charge in [-0.2, -0.15) is 0 Å². The van der Waals surface area contributed by atoms with Crippen LogP contribution in [0.25, 0.3) is 0 Å². The number of nitrogens with zero attached hydrogens (tertiary/aromatic N) is 3. The Kier molecular flexibility index (Phi) is 4.67. The molecule has 1 saturated carbocycles. The van der Waals surface area contributed by atoms with Gasteiger partial charge in [0.25, 0.3) is 0 Å². The Morgan fingerprint density at radius 3 is 2.75 bits per heavy atom. The molecule has 1 atom stereocenters. The molecule has 6 nitrogen and oxygen atoms in total. The first kappa shape index (κ1) is 17.0. The van der Waals surface area contributed by atoms with E-state index in [1.165, 1.54) is 0 Å². The predicted molar refractivity (Wildman–Crippen MR) is 83.7 cm³/mol. The molecule has 24 heavy (non-hydrogen) atoms. The fourth-order valence-electron chi connectivity index (χ4n) is 3.35. The van der Waals surface area contributed by atoms with Crippen LogP contribution >= 0.6 is 0 Å². The van der Waals surface area contributed by atoms with Gasteiger partial charge < -0.3 is 15.3 Å². The second-order valence-electron chi connectivity index (χ2n) is 6.81. The summed E-state index contributed by atoms with van der Waals surface area (Å²) in [5, 5.41) is 13.4. The quantitative estimate of drug-likeness (QED) is 0.865. The first-order valence-corrected chi connectivity index (χ1v) is 8.26. The number of anilines is 1. The molecular weight excluding hydrogens is 318 g/mol. The molecule has 2 aliphatic rings. The molecule has 3 rings (SSSR count). The van der Waals surface area contributed by atoms with E-state index in [1.54, 1.807) is 18.6 Å². The molecule has 0 aromatic carbocycles. The highest BCUT2D eigenvalue weighted by Gasteiger charge is 2.40. The summed E-state index contributed by atoms with van der Waals surface area (Å²) >= 11 is 0. The van der Waals surface area contributed by atoms with Crippen molar-refractivity contribution in [3.8, 4) is 0 Å². The molecule has 2 heterocycles. The van der Waals surface area contributed by atoms with Gasteiger partial charge in [0.2, 0.25) is 11.8 Å². The van der Waals surface area contributed by atoms with Crippen LogP contribution < -0.4 is 10.2 Å². The molecule has 1 amide bonds. The molecule has 0 spiro atoms. The Labute approximate surface area is 139 Å². The number of aromatic nitrogens is 2. The Hall–Kier alpha value is -1.83. The maximum absolute atomic E-state index is 13.1. The maximum Gasteiger partial charge on any atom is 0.248 e. The van der Waals surface area contributed by atoms with Crippen LogP contribution in [0.4, 0.5) is 14.6 Å². The van der Waals surface area contributed by atoms with Crippen molar-refractivity contribution in [2.75, 3.05) is 24.5 Å². The molecule has 2 fully saturated rings. The molecule has 1 aromatic heterocycles. The molecule has 2 N–H and O–H groups in total. The van der Waals surface area contributed by atoms with Crippen molar-refractivity contribution < 1.29 is 18.7 Å². The highest BCUT2D eigenvalue weighted by molar-refractivity contribution is 5.78. The van der Waals surface area contributed by atoms with Crippen molar-refractivity contribution >= 4 is 11.7 Å². The van der Waals surface area contributed by atoms with Gasteiger partial charge >= 0.3 is 0 Å². The number of carbonyl (C=O) groups is 1. The standard InChI is InChI=1S/C16H22F2N4O2/c17-16(18)3-1-12(2-4-16)14(23)21-10-15(24)5-8-22(11-15)13-9-19-6-7-20-13/h6-7,9,12,24H,1-5,8,10-11H2,(H,21,23)/t15-/m0/s1. The molecule has 132 valence electrons. The van der Waals surface area contributed by atoms with Crippen LogP contribution in [0.1, 0.15) is 32.1 Å². The van der Waals surface area contributed by atoms with E-state index in [9.17, 15) is 18.7 Å². The fraction of sp³-hybridized carbons (Fsp3) is 0.688. The average molecular weight is 340 g/mol. The summed E-state index contributed by atoms with van der Waals surface area (Å²) in [5.41, 5.74) is -1.04. The second-order valence-corrected chi connectivity index (χ2v) is 6.81. The van der Waals surface area contributed by atoms with Crippen molar-refractivity contribution in [3.05, 3.63) is 18.6 Å². The van der Waals surface area contributed by atoms with Gasteiger partial charge in [0.05, 0.1) is 6.20 Å². The van der Waals surface area contributed by atoms with Crippen LogP contribution in [0.15, 0.2) is 18.6 Å². The second kappa shape index (κ2) is 6.58. The third kappa shape index (κ3) is 3.98. The zero-order valence-corrected chi connectivity index (χ0v) is 13.4. The zero-order valence-electron chi connectivity index (χ0n) is 13.4. The number of rotatable bonds is 4. The minimum Gasteiger partial charge on any atom is -0.386 e. The van der Waals surface area contributed by atoms with Crippen molar-refractivity contribution in [2.45, 2.75) is 43.6 Å². The van der Waals surface area contributed by atoms with Crippen molar-refractivity contribution in [1.29, 1.82) is 0 Å². The van der Waals surface area contributed by atoms with Gasteiger partial charge in [-0.15, -0.1) is 0 Å². The van der Waals surface area contributed by atoms with Crippen molar-refractivity contribution in [1.82, 2.24) is 15.3 Å². The molecule has 0 bridgehead atoms. The topological polar surface area (TPSA) is 78.4 Å². The number of aliphatic hydroxyl groups is 1. The summed E-state index contributed by atoms with van der Waals surface area (Å²) in [6.07, 6.45) is 5.23. The van der Waals surface area contributed by atoms with Crippen LogP contribution in [0.2, 0.25) is 0 Å². The molecule has 1 aliphatic carbocycles. The van der Waals surface area contributed by atoms with Gasteiger partial charge in [-0.3, -0.25) is 9.78 Å². The largest absolute Gasteiger partial charge is 0.386 e. The van der Waals surface area contributed by atoms with E-state index in [1.807, 2.05) is 4.90 Å². The fourth-order valence-corrected chi connectivity index (χ4v) is 3.35. The third-order valence-electron chi connectivity index (χ3n) is 4.89. The number of hydrogen-bond donors (Lipinski definition) is 2. The molecule has 8 heteroatoms. The Balaban J connectivity index is 1.49. The summed E-state index contributed by atoms with van der Waals surface area (Å²) in [6, 6.07) is 0. The van der Waals surface area contributed by atoms with Gasteiger partial charge in [0, 0.05) is 50.8 Å². The molecule has 0 unspecified atom stereocenters. The lowest BCUT2D eigenvalue weighted by Crippen LogP contribution is -2.47. The number of amides is 1. The predicted octanol–water partition coefficient (Wildman–Crippen LogP) is 1.36. The van der Waals surface area contributed by atoms with E-state index in [0.717, 1.165) is 0 Å². The summed E-state index contributed by atoms with van der Waals surface area (Å²) in [7, 11) is 0. The average Bonchev–Trinajstić information content (AvgIpc) is 2.96. The number of halogens is 2. The number of hydrogen-bond acceptors (Lipinski definition) is 5. The minimum absolute atomic E-state index is 0.121. The lowest BCUT2D eigenvalue weighted by Gasteiger charge is -2.29. The lowest BCUT2D eigenvalue weighted by molar-refractivity contribution is -0.130. The van der Waals surface area contributed by atoms with Crippen LogP contribution in [-0.2, 0) is 4.79 Å². The van der Waals surface area contributed by atoms with Crippen LogP contribution in [0.5, 0.6) is 0 Å². The highest BCUT2D eigenvalue weighted by Crippen LogP contribution is 2.36. The van der Waals surface area contributed by atoms with Crippen molar-refractivity contribution in [3.63, 3.8) is 0 Å². The highest BCUT2D eigenvalue weighted by atomic mass is 19.3. The van der Waals surface area contributed by atoms with Gasteiger partial charge in [-0.25, -0.2) is 13.8 Å². The number of nitrogens with one attached hydrogen (secondary N) is 1. The van der Waals surface area contributed by atoms with E-state index in [0.29, 0.717) is 25.3 Å². The van der Waals surface area contributed by atoms with Crippen LogP contribution in [0.3, 0.4) is 0 Å². The van der Waals surface area contributed by atoms with E-state index in [-0.39, 0.29) is 44.1 Å². The van der Waals surface area contributed by atoms with E-state index < -0.39 is 11.5 Å². The first-order chi connectivity index (χ1) is 11.4. The normalized spacial score (nSPS) is 27.2. The van der Waals surface area contributed by atoms with Gasteiger partial charge in [-0.05, 0) is 19.3 Å². The third-order valence-corrected chi connectivity index (χ3v) is 4.89. The summed E-state index contributed by atoms with van der Waals surface area (Å²) in [4.78, 5) is 22.3. The summed E-state index contributed by atoms with van der Waals surface area (Å²) in [5.74, 6) is -2.57. The SMILES string of the molecule is O=C(NC[C@@]1(O)CCN(c2cnccn2)C1)C1CCC(F)(F)CC1. The Morgan fingerprint density at radius 1 is 1.33 bits per heavy atom. The number of carbonyl (C=O) groups excluding carboxylic acids is 1. The first-order valence-electron chi connectivity index (χ1n) is 8.26. The molecular formula is C16H22F2N4O2. The molecule has 1 aliphatic heterocycles. The molecule has 1 aromatic rings. The summed E-state index contributed by atoms with van der Waals surface area (Å²) < 4.78 is 26.3. The van der Waals surface area contributed by atoms with Crippen LogP contribution in [-0.4, -0.2) is 52.1 Å². The Bertz CT molecular complexity index is 577. The minimum atomic E-state index is -2.64. The van der Waals surface area contributed by atoms with Gasteiger partial charge in [0.15, 0.2) is 0 Å².